The number of carbonyl (C=O) groups excluding carboxylic acids is 1. The molecule has 0 unspecified atom stereocenters. The molecule has 4 heteroatoms. The first-order valence-corrected chi connectivity index (χ1v) is 5.93. The SMILES string of the molecule is CC(C)(O)C(C)(C)NC(=O)Cc1ccc(O)cc1. The lowest BCUT2D eigenvalue weighted by Gasteiger charge is -2.38. The fourth-order valence-corrected chi connectivity index (χ4v) is 1.34. The minimum Gasteiger partial charge on any atom is -0.508 e. The van der Waals surface area contributed by atoms with Crippen LogP contribution < -0.4 is 5.32 Å². The second kappa shape index (κ2) is 4.98. The summed E-state index contributed by atoms with van der Waals surface area (Å²) >= 11 is 0. The highest BCUT2D eigenvalue weighted by Gasteiger charge is 2.36. The van der Waals surface area contributed by atoms with Crippen LogP contribution in [0.25, 0.3) is 0 Å². The molecule has 0 bridgehead atoms. The third-order valence-electron chi connectivity index (χ3n) is 3.28. The van der Waals surface area contributed by atoms with E-state index < -0.39 is 11.1 Å². The van der Waals surface area contributed by atoms with Crippen molar-refractivity contribution in [2.24, 2.45) is 0 Å². The number of benzene rings is 1. The fourth-order valence-electron chi connectivity index (χ4n) is 1.34. The summed E-state index contributed by atoms with van der Waals surface area (Å²) in [5, 5.41) is 21.9. The smallest absolute Gasteiger partial charge is 0.224 e. The summed E-state index contributed by atoms with van der Waals surface area (Å²) in [4.78, 5) is 11.9. The van der Waals surface area contributed by atoms with Gasteiger partial charge in [-0.05, 0) is 45.4 Å². The van der Waals surface area contributed by atoms with Crippen LogP contribution in [0, 0.1) is 0 Å². The molecule has 0 saturated heterocycles. The van der Waals surface area contributed by atoms with Gasteiger partial charge in [0, 0.05) is 0 Å². The maximum atomic E-state index is 11.9. The number of carbonyl (C=O) groups is 1. The highest BCUT2D eigenvalue weighted by atomic mass is 16.3. The van der Waals surface area contributed by atoms with Crippen molar-refractivity contribution in [3.8, 4) is 5.75 Å². The number of hydrogen-bond acceptors (Lipinski definition) is 3. The van der Waals surface area contributed by atoms with Crippen LogP contribution in [0.15, 0.2) is 24.3 Å². The molecule has 18 heavy (non-hydrogen) atoms. The van der Waals surface area contributed by atoms with Gasteiger partial charge in [0.05, 0.1) is 17.6 Å². The Labute approximate surface area is 108 Å². The van der Waals surface area contributed by atoms with Crippen molar-refractivity contribution in [2.45, 2.75) is 45.3 Å². The van der Waals surface area contributed by atoms with E-state index in [1.165, 1.54) is 0 Å². The van der Waals surface area contributed by atoms with Crippen LogP contribution in [0.3, 0.4) is 0 Å². The van der Waals surface area contributed by atoms with E-state index in [-0.39, 0.29) is 18.1 Å². The van der Waals surface area contributed by atoms with Gasteiger partial charge in [-0.1, -0.05) is 12.1 Å². The van der Waals surface area contributed by atoms with Gasteiger partial charge in [0.15, 0.2) is 0 Å². The molecule has 4 nitrogen and oxygen atoms in total. The third-order valence-corrected chi connectivity index (χ3v) is 3.28. The van der Waals surface area contributed by atoms with Crippen LogP contribution in [0.4, 0.5) is 0 Å². The monoisotopic (exact) mass is 251 g/mol. The molecule has 100 valence electrons. The van der Waals surface area contributed by atoms with Crippen molar-refractivity contribution >= 4 is 5.91 Å². The summed E-state index contributed by atoms with van der Waals surface area (Å²) in [6.07, 6.45) is 0.222. The first-order valence-electron chi connectivity index (χ1n) is 5.93. The zero-order valence-electron chi connectivity index (χ0n) is 11.3. The molecule has 1 amide bonds. The average molecular weight is 251 g/mol. The summed E-state index contributed by atoms with van der Waals surface area (Å²) in [7, 11) is 0. The van der Waals surface area contributed by atoms with Gasteiger partial charge in [-0.15, -0.1) is 0 Å². The van der Waals surface area contributed by atoms with Gasteiger partial charge in [0.2, 0.25) is 5.91 Å². The molecule has 0 atom stereocenters. The Morgan fingerprint density at radius 1 is 1.17 bits per heavy atom. The number of phenolic OH excluding ortho intramolecular Hbond substituents is 1. The number of phenols is 1. The van der Waals surface area contributed by atoms with E-state index in [1.807, 2.05) is 0 Å². The fraction of sp³-hybridized carbons (Fsp3) is 0.500. The van der Waals surface area contributed by atoms with Gasteiger partial charge in [-0.3, -0.25) is 4.79 Å². The Bertz CT molecular complexity index is 416. The first kappa shape index (κ1) is 14.5. The summed E-state index contributed by atoms with van der Waals surface area (Å²) in [6, 6.07) is 6.49. The highest BCUT2D eigenvalue weighted by Crippen LogP contribution is 2.20. The molecule has 0 spiro atoms. The summed E-state index contributed by atoms with van der Waals surface area (Å²) in [6.45, 7) is 6.88. The lowest BCUT2D eigenvalue weighted by atomic mass is 9.86. The molecule has 0 aromatic heterocycles. The predicted molar refractivity (Wildman–Crippen MR) is 70.3 cm³/mol. The van der Waals surface area contributed by atoms with Crippen molar-refractivity contribution in [1.82, 2.24) is 5.32 Å². The lowest BCUT2D eigenvalue weighted by Crippen LogP contribution is -2.58. The van der Waals surface area contributed by atoms with Crippen LogP contribution >= 0.6 is 0 Å². The van der Waals surface area contributed by atoms with Crippen LogP contribution in [0.2, 0.25) is 0 Å². The Morgan fingerprint density at radius 2 is 1.67 bits per heavy atom. The molecular formula is C14H21NO3. The second-order valence-electron chi connectivity index (χ2n) is 5.58. The van der Waals surface area contributed by atoms with Crippen LogP contribution in [0.1, 0.15) is 33.3 Å². The standard InChI is InChI=1S/C14H21NO3/c1-13(2,14(3,4)18)15-12(17)9-10-5-7-11(16)8-6-10/h5-8,16,18H,9H2,1-4H3,(H,15,17). The minimum atomic E-state index is -1.00. The number of aromatic hydroxyl groups is 1. The molecule has 0 heterocycles. The zero-order valence-corrected chi connectivity index (χ0v) is 11.3. The van der Waals surface area contributed by atoms with Gasteiger partial charge >= 0.3 is 0 Å². The van der Waals surface area contributed by atoms with Gasteiger partial charge in [-0.25, -0.2) is 0 Å². The molecule has 0 radical (unpaired) electrons. The molecular weight excluding hydrogens is 230 g/mol. The third kappa shape index (κ3) is 3.74. The van der Waals surface area contributed by atoms with Crippen molar-refractivity contribution in [1.29, 1.82) is 0 Å². The molecule has 3 N–H and O–H groups in total. The van der Waals surface area contributed by atoms with Crippen molar-refractivity contribution in [2.75, 3.05) is 0 Å². The molecule has 1 rings (SSSR count). The molecule has 0 saturated carbocycles. The number of hydrogen-bond donors (Lipinski definition) is 3. The molecule has 0 fully saturated rings. The first-order chi connectivity index (χ1) is 8.12. The van der Waals surface area contributed by atoms with Gasteiger partial charge in [-0.2, -0.15) is 0 Å². The summed E-state index contributed by atoms with van der Waals surface area (Å²) < 4.78 is 0. The minimum absolute atomic E-state index is 0.159. The van der Waals surface area contributed by atoms with Crippen LogP contribution in [-0.2, 0) is 11.2 Å². The molecule has 0 aliphatic heterocycles. The average Bonchev–Trinajstić information content (AvgIpc) is 2.19. The molecule has 1 aromatic carbocycles. The summed E-state index contributed by atoms with van der Waals surface area (Å²) in [5.74, 6) is 0.0174. The van der Waals surface area contributed by atoms with Crippen molar-refractivity contribution < 1.29 is 15.0 Å². The Balaban J connectivity index is 2.65. The van der Waals surface area contributed by atoms with E-state index in [9.17, 15) is 9.90 Å². The molecule has 0 aliphatic carbocycles. The normalized spacial score (nSPS) is 12.3. The number of aliphatic hydroxyl groups is 1. The predicted octanol–water partition coefficient (Wildman–Crippen LogP) is 1.60. The van der Waals surface area contributed by atoms with E-state index in [1.54, 1.807) is 52.0 Å². The number of nitrogens with one attached hydrogen (secondary N) is 1. The highest BCUT2D eigenvalue weighted by molar-refractivity contribution is 5.79. The van der Waals surface area contributed by atoms with E-state index in [2.05, 4.69) is 5.32 Å². The quantitative estimate of drug-likeness (QED) is 0.761. The maximum absolute atomic E-state index is 11.9. The van der Waals surface area contributed by atoms with Gasteiger partial charge in [0.25, 0.3) is 0 Å². The Hall–Kier alpha value is -1.55. The second-order valence-corrected chi connectivity index (χ2v) is 5.58. The molecule has 1 aromatic rings. The van der Waals surface area contributed by atoms with E-state index in [0.29, 0.717) is 0 Å². The zero-order chi connectivity index (χ0) is 14.0. The van der Waals surface area contributed by atoms with Crippen LogP contribution in [-0.4, -0.2) is 27.3 Å². The van der Waals surface area contributed by atoms with E-state index in [4.69, 9.17) is 5.11 Å². The van der Waals surface area contributed by atoms with Gasteiger partial charge in [0.1, 0.15) is 5.75 Å². The Kier molecular flexibility index (Phi) is 4.02. The summed E-state index contributed by atoms with van der Waals surface area (Å²) in [5.41, 5.74) is -0.893. The number of rotatable bonds is 4. The largest absolute Gasteiger partial charge is 0.508 e. The van der Waals surface area contributed by atoms with Crippen molar-refractivity contribution in [3.63, 3.8) is 0 Å². The molecule has 0 aliphatic rings. The van der Waals surface area contributed by atoms with Crippen molar-refractivity contribution in [3.05, 3.63) is 29.8 Å². The van der Waals surface area contributed by atoms with E-state index >= 15 is 0 Å². The van der Waals surface area contributed by atoms with Crippen LogP contribution in [0.5, 0.6) is 5.75 Å². The number of amides is 1. The maximum Gasteiger partial charge on any atom is 0.224 e. The lowest BCUT2D eigenvalue weighted by molar-refractivity contribution is -0.125. The topological polar surface area (TPSA) is 69.6 Å². The Morgan fingerprint density at radius 3 is 2.11 bits per heavy atom. The van der Waals surface area contributed by atoms with E-state index in [0.717, 1.165) is 5.56 Å². The van der Waals surface area contributed by atoms with Gasteiger partial charge < -0.3 is 15.5 Å².